The van der Waals surface area contributed by atoms with Crippen molar-refractivity contribution in [1.29, 1.82) is 0 Å². The van der Waals surface area contributed by atoms with E-state index in [0.717, 1.165) is 15.6 Å². The van der Waals surface area contributed by atoms with E-state index in [9.17, 15) is 9.18 Å². The van der Waals surface area contributed by atoms with E-state index in [1.54, 1.807) is 30.3 Å². The topological polar surface area (TPSA) is 55.8 Å². The number of rotatable bonds is 7. The molecule has 0 aromatic heterocycles. The molecule has 0 spiro atoms. The molecule has 0 fully saturated rings. The van der Waals surface area contributed by atoms with Gasteiger partial charge in [-0.15, -0.1) is 0 Å². The maximum absolute atomic E-state index is 12.9. The zero-order valence-electron chi connectivity index (χ0n) is 13.0. The predicted octanol–water partition coefficient (Wildman–Crippen LogP) is 4.41. The highest BCUT2D eigenvalue weighted by Gasteiger charge is 2.05. The summed E-state index contributed by atoms with van der Waals surface area (Å²) in [6.07, 6.45) is 1.83. The van der Waals surface area contributed by atoms with Crippen molar-refractivity contribution in [3.8, 4) is 11.5 Å². The second kappa shape index (κ2) is 8.49. The van der Waals surface area contributed by atoms with Crippen molar-refractivity contribution in [3.05, 3.63) is 65.5 Å². The Kier molecular flexibility index (Phi) is 6.37. The summed E-state index contributed by atoms with van der Waals surface area (Å²) >= 11 is 3.43. The maximum atomic E-state index is 12.9. The van der Waals surface area contributed by atoms with E-state index in [1.807, 2.05) is 13.0 Å². The van der Waals surface area contributed by atoms with Crippen LogP contribution in [-0.4, -0.2) is 24.3 Å². The molecular formula is C18H16BrFO4. The Morgan fingerprint density at radius 2 is 1.92 bits per heavy atom. The average Bonchev–Trinajstić information content (AvgIpc) is 2.54. The van der Waals surface area contributed by atoms with Gasteiger partial charge < -0.3 is 14.6 Å². The van der Waals surface area contributed by atoms with Gasteiger partial charge in [-0.1, -0.05) is 28.1 Å². The molecule has 24 heavy (non-hydrogen) atoms. The quantitative estimate of drug-likeness (QED) is 0.755. The molecule has 0 atom stereocenters. The highest BCUT2D eigenvalue weighted by atomic mass is 79.9. The number of hydrogen-bond acceptors (Lipinski definition) is 3. The summed E-state index contributed by atoms with van der Waals surface area (Å²) < 4.78 is 24.5. The summed E-state index contributed by atoms with van der Waals surface area (Å²) in [5, 5.41) is 8.62. The molecule has 6 heteroatoms. The van der Waals surface area contributed by atoms with E-state index < -0.39 is 5.97 Å². The Balaban J connectivity index is 1.94. The zero-order chi connectivity index (χ0) is 17.5. The molecule has 0 unspecified atom stereocenters. The average molecular weight is 395 g/mol. The minimum Gasteiger partial charge on any atom is -0.489 e. The minimum absolute atomic E-state index is 0.281. The number of benzene rings is 2. The van der Waals surface area contributed by atoms with Crippen LogP contribution in [0.3, 0.4) is 0 Å². The minimum atomic E-state index is -1.02. The predicted molar refractivity (Wildman–Crippen MR) is 93.1 cm³/mol. The number of ether oxygens (including phenoxy) is 2. The van der Waals surface area contributed by atoms with Gasteiger partial charge in [-0.3, -0.25) is 0 Å². The van der Waals surface area contributed by atoms with Gasteiger partial charge in [-0.25, -0.2) is 9.18 Å². The number of carboxylic acids is 1. The Morgan fingerprint density at radius 1 is 1.21 bits per heavy atom. The van der Waals surface area contributed by atoms with Gasteiger partial charge in [-0.2, -0.15) is 0 Å². The van der Waals surface area contributed by atoms with Crippen LogP contribution in [0.2, 0.25) is 0 Å². The van der Waals surface area contributed by atoms with E-state index >= 15 is 0 Å². The fourth-order valence-electron chi connectivity index (χ4n) is 1.95. The number of hydrogen-bond donors (Lipinski definition) is 1. The third-order valence-corrected chi connectivity index (χ3v) is 3.91. The molecule has 0 aliphatic rings. The third-order valence-electron chi connectivity index (χ3n) is 3.13. The molecule has 2 aromatic carbocycles. The number of halogens is 2. The van der Waals surface area contributed by atoms with Crippen LogP contribution in [0.5, 0.6) is 11.5 Å². The number of carboxylic acid groups (broad SMARTS) is 1. The smallest absolute Gasteiger partial charge is 0.341 e. The Labute approximate surface area is 147 Å². The molecule has 0 aliphatic heterocycles. The first-order chi connectivity index (χ1) is 11.5. The molecule has 0 bridgehead atoms. The lowest BCUT2D eigenvalue weighted by molar-refractivity contribution is -0.139. The molecule has 4 nitrogen and oxygen atoms in total. The first-order valence-corrected chi connectivity index (χ1v) is 7.94. The van der Waals surface area contributed by atoms with Gasteiger partial charge in [0.05, 0.1) is 0 Å². The van der Waals surface area contributed by atoms with Crippen LogP contribution >= 0.6 is 15.9 Å². The van der Waals surface area contributed by atoms with Crippen LogP contribution in [-0.2, 0) is 4.79 Å². The lowest BCUT2D eigenvalue weighted by Crippen LogP contribution is -2.10. The van der Waals surface area contributed by atoms with Crippen LogP contribution in [0.25, 0.3) is 4.48 Å². The first-order valence-electron chi connectivity index (χ1n) is 7.15. The highest BCUT2D eigenvalue weighted by Crippen LogP contribution is 2.24. The van der Waals surface area contributed by atoms with E-state index in [2.05, 4.69) is 15.9 Å². The van der Waals surface area contributed by atoms with Gasteiger partial charge in [0.2, 0.25) is 0 Å². The molecule has 0 heterocycles. The summed E-state index contributed by atoms with van der Waals surface area (Å²) in [6, 6.07) is 11.3. The standard InChI is InChI=1S/C18H16BrFO4/c1-12-10-15(6-7-17(12)24-11-18(21)22)23-9-8-16(19)13-2-4-14(20)5-3-13/h2-8,10H,9,11H2,1H3,(H,21,22)/b16-8-. The first kappa shape index (κ1) is 18.0. The van der Waals surface area contributed by atoms with Crippen LogP contribution < -0.4 is 9.47 Å². The second-order valence-electron chi connectivity index (χ2n) is 4.98. The lowest BCUT2D eigenvalue weighted by atomic mass is 10.2. The van der Waals surface area contributed by atoms with Crippen LogP contribution in [0.1, 0.15) is 11.1 Å². The molecule has 0 saturated carbocycles. The van der Waals surface area contributed by atoms with Crippen molar-refractivity contribution < 1.29 is 23.8 Å². The Hall–Kier alpha value is -2.34. The monoisotopic (exact) mass is 394 g/mol. The number of aryl methyl sites for hydroxylation is 1. The van der Waals surface area contributed by atoms with E-state index in [4.69, 9.17) is 14.6 Å². The van der Waals surface area contributed by atoms with Crippen LogP contribution in [0.4, 0.5) is 4.39 Å². The molecule has 0 radical (unpaired) electrons. The van der Waals surface area contributed by atoms with Crippen molar-refractivity contribution in [2.24, 2.45) is 0 Å². The Morgan fingerprint density at radius 3 is 2.54 bits per heavy atom. The van der Waals surface area contributed by atoms with Gasteiger partial charge in [0.1, 0.15) is 23.9 Å². The van der Waals surface area contributed by atoms with Crippen molar-refractivity contribution in [1.82, 2.24) is 0 Å². The molecule has 0 aliphatic carbocycles. The number of aliphatic carboxylic acids is 1. The summed E-state index contributed by atoms with van der Waals surface area (Å²) in [6.45, 7) is 1.76. The molecule has 2 rings (SSSR count). The zero-order valence-corrected chi connectivity index (χ0v) is 14.5. The normalized spacial score (nSPS) is 11.2. The van der Waals surface area contributed by atoms with E-state index in [0.29, 0.717) is 18.1 Å². The Bertz CT molecular complexity index is 741. The maximum Gasteiger partial charge on any atom is 0.341 e. The van der Waals surface area contributed by atoms with Gasteiger partial charge in [0.15, 0.2) is 6.61 Å². The molecule has 0 amide bonds. The molecule has 0 saturated heterocycles. The van der Waals surface area contributed by atoms with E-state index in [1.165, 1.54) is 12.1 Å². The molecule has 1 N–H and O–H groups in total. The van der Waals surface area contributed by atoms with Crippen molar-refractivity contribution >= 4 is 26.4 Å². The van der Waals surface area contributed by atoms with E-state index in [-0.39, 0.29) is 12.4 Å². The highest BCUT2D eigenvalue weighted by molar-refractivity contribution is 9.15. The molecule has 126 valence electrons. The summed E-state index contributed by atoms with van der Waals surface area (Å²) in [5.41, 5.74) is 1.64. The summed E-state index contributed by atoms with van der Waals surface area (Å²) in [5.74, 6) is -0.153. The molecular weight excluding hydrogens is 379 g/mol. The third kappa shape index (κ3) is 5.38. The number of carbonyl (C=O) groups is 1. The summed E-state index contributed by atoms with van der Waals surface area (Å²) in [7, 11) is 0. The second-order valence-corrected chi connectivity index (χ2v) is 5.83. The fourth-order valence-corrected chi connectivity index (χ4v) is 2.35. The van der Waals surface area contributed by atoms with Gasteiger partial charge in [-0.05, 0) is 54.5 Å². The summed E-state index contributed by atoms with van der Waals surface area (Å²) in [4.78, 5) is 10.5. The fraction of sp³-hybridized carbons (Fsp3) is 0.167. The van der Waals surface area contributed by atoms with Gasteiger partial charge in [0, 0.05) is 4.48 Å². The van der Waals surface area contributed by atoms with Gasteiger partial charge >= 0.3 is 5.97 Å². The van der Waals surface area contributed by atoms with Crippen LogP contribution in [0, 0.1) is 12.7 Å². The van der Waals surface area contributed by atoms with Gasteiger partial charge in [0.25, 0.3) is 0 Å². The lowest BCUT2D eigenvalue weighted by Gasteiger charge is -2.10. The largest absolute Gasteiger partial charge is 0.489 e. The van der Waals surface area contributed by atoms with Crippen molar-refractivity contribution in [2.75, 3.05) is 13.2 Å². The SMILES string of the molecule is Cc1cc(OC/C=C(\Br)c2ccc(F)cc2)ccc1OCC(=O)O. The van der Waals surface area contributed by atoms with Crippen molar-refractivity contribution in [3.63, 3.8) is 0 Å². The van der Waals surface area contributed by atoms with Crippen molar-refractivity contribution in [2.45, 2.75) is 6.92 Å². The van der Waals surface area contributed by atoms with Crippen LogP contribution in [0.15, 0.2) is 48.5 Å². The molecule has 2 aromatic rings.